The lowest BCUT2D eigenvalue weighted by atomic mass is 10.1. The van der Waals surface area contributed by atoms with Gasteiger partial charge in [0.15, 0.2) is 0 Å². The Kier molecular flexibility index (Phi) is 27.3. The molecule has 13 heteroatoms. The first-order valence-corrected chi connectivity index (χ1v) is 18.0. The number of hydrogen-bond acceptors (Lipinski definition) is 12. The van der Waals surface area contributed by atoms with Gasteiger partial charge >= 0.3 is 25.7 Å². The van der Waals surface area contributed by atoms with Crippen molar-refractivity contribution in [1.29, 1.82) is 0 Å². The summed E-state index contributed by atoms with van der Waals surface area (Å²) in [6.45, 7) is 6.27. The van der Waals surface area contributed by atoms with Crippen LogP contribution in [0.5, 0.6) is 0 Å². The van der Waals surface area contributed by atoms with Crippen LogP contribution in [0.25, 0.3) is 0 Å². The summed E-state index contributed by atoms with van der Waals surface area (Å²) in [7, 11) is -4.49. The molecule has 0 heterocycles. The van der Waals surface area contributed by atoms with Crippen LogP contribution in [0.15, 0.2) is 12.2 Å². The molecular weight excluding hydrogens is 607 g/mol. The molecule has 0 aliphatic carbocycles. The zero-order chi connectivity index (χ0) is 33.8. The van der Waals surface area contributed by atoms with Gasteiger partial charge in [-0.25, -0.2) is 9.36 Å². The van der Waals surface area contributed by atoms with E-state index in [0.717, 1.165) is 44.9 Å². The molecule has 0 radical (unpaired) electrons. The largest absolute Gasteiger partial charge is 0.475 e. The van der Waals surface area contributed by atoms with Crippen molar-refractivity contribution in [3.8, 4) is 0 Å². The van der Waals surface area contributed by atoms with E-state index in [2.05, 4.69) is 20.4 Å². The second kappa shape index (κ2) is 28.4. The number of phosphoric ester groups is 1. The van der Waals surface area contributed by atoms with Crippen molar-refractivity contribution < 1.29 is 56.9 Å². The molecule has 264 valence electrons. The number of rotatable bonds is 31. The summed E-state index contributed by atoms with van der Waals surface area (Å²) in [5, 5.41) is 19.5. The van der Waals surface area contributed by atoms with E-state index in [1.54, 1.807) is 0 Å². The summed E-state index contributed by atoms with van der Waals surface area (Å²) in [6, 6.07) is 0. The van der Waals surface area contributed by atoms with Crippen LogP contribution >= 0.6 is 7.82 Å². The second-order valence-corrected chi connectivity index (χ2v) is 12.7. The molecule has 45 heavy (non-hydrogen) atoms. The molecule has 0 rings (SSSR count). The molecule has 12 nitrogen and oxygen atoms in total. The maximum Gasteiger partial charge on any atom is 0.475 e. The highest BCUT2D eigenvalue weighted by atomic mass is 31.2. The van der Waals surface area contributed by atoms with E-state index in [1.165, 1.54) is 39.0 Å². The Balaban J connectivity index is 4.94. The SMILES string of the molecule is C=C(C)C(=O)OCCOP(=O)(OCC(CO)OC(=O)CCCCCCCCC)OC(CO)COC(=O)CCCCCCCCC. The number of aliphatic hydroxyl groups excluding tert-OH is 2. The van der Waals surface area contributed by atoms with Crippen LogP contribution in [-0.4, -0.2) is 80.0 Å². The first-order chi connectivity index (χ1) is 21.6. The van der Waals surface area contributed by atoms with E-state index in [-0.39, 0.29) is 25.0 Å². The van der Waals surface area contributed by atoms with Crippen molar-refractivity contribution in [3.63, 3.8) is 0 Å². The van der Waals surface area contributed by atoms with Gasteiger partial charge in [-0.05, 0) is 19.8 Å². The van der Waals surface area contributed by atoms with E-state index < -0.39 is 71.0 Å². The van der Waals surface area contributed by atoms with Crippen LogP contribution in [0.2, 0.25) is 0 Å². The topological polar surface area (TPSA) is 164 Å². The third-order valence-corrected chi connectivity index (χ3v) is 8.24. The Hall–Kier alpha value is -1.82. The van der Waals surface area contributed by atoms with Crippen LogP contribution < -0.4 is 0 Å². The molecule has 2 N–H and O–H groups in total. The van der Waals surface area contributed by atoms with E-state index in [1.807, 2.05) is 0 Å². The lowest BCUT2D eigenvalue weighted by molar-refractivity contribution is -0.153. The van der Waals surface area contributed by atoms with Crippen molar-refractivity contribution in [1.82, 2.24) is 0 Å². The van der Waals surface area contributed by atoms with Gasteiger partial charge in [-0.1, -0.05) is 97.5 Å². The summed E-state index contributed by atoms with van der Waals surface area (Å²) in [4.78, 5) is 36.1. The minimum Gasteiger partial charge on any atom is -0.463 e. The maximum absolute atomic E-state index is 13.5. The third-order valence-electron chi connectivity index (χ3n) is 6.72. The number of carbonyl (C=O) groups is 3. The van der Waals surface area contributed by atoms with Crippen LogP contribution in [-0.2, 0) is 46.7 Å². The second-order valence-electron chi connectivity index (χ2n) is 11.1. The fourth-order valence-corrected chi connectivity index (χ4v) is 5.39. The van der Waals surface area contributed by atoms with Crippen LogP contribution in [0.4, 0.5) is 0 Å². The molecule has 0 aromatic rings. The van der Waals surface area contributed by atoms with Gasteiger partial charge in [0.25, 0.3) is 0 Å². The standard InChI is InChI=1S/C32H59O12P/c1-5-7-9-11-13-15-17-19-30(35)40-25-29(24-34)44-45(38,41-22-21-39-32(37)27(3)4)42-26-28(23-33)43-31(36)20-18-16-14-12-10-8-6-2/h28-29,33-34H,3,5-26H2,1-2,4H3. The van der Waals surface area contributed by atoms with Gasteiger partial charge in [0.05, 0.1) is 26.4 Å². The molecule has 0 aliphatic heterocycles. The number of phosphoric acid groups is 1. The fraction of sp³-hybridized carbons (Fsp3) is 0.844. The zero-order valence-corrected chi connectivity index (χ0v) is 28.7. The lowest BCUT2D eigenvalue weighted by Gasteiger charge is -2.24. The highest BCUT2D eigenvalue weighted by Gasteiger charge is 2.33. The van der Waals surface area contributed by atoms with Gasteiger partial charge in [0.2, 0.25) is 0 Å². The molecule has 0 amide bonds. The normalized spacial score (nSPS) is 13.9. The Bertz CT molecular complexity index is 850. The first-order valence-electron chi connectivity index (χ1n) is 16.6. The monoisotopic (exact) mass is 666 g/mol. The third kappa shape index (κ3) is 25.0. The number of unbranched alkanes of at least 4 members (excludes halogenated alkanes) is 12. The Morgan fingerprint density at radius 1 is 0.667 bits per heavy atom. The minimum atomic E-state index is -4.49. The highest BCUT2D eigenvalue weighted by molar-refractivity contribution is 7.48. The average Bonchev–Trinajstić information content (AvgIpc) is 3.02. The summed E-state index contributed by atoms with van der Waals surface area (Å²) in [5.74, 6) is -1.69. The van der Waals surface area contributed by atoms with Crippen LogP contribution in [0, 0.1) is 0 Å². The maximum atomic E-state index is 13.5. The molecule has 0 fully saturated rings. The van der Waals surface area contributed by atoms with E-state index in [4.69, 9.17) is 27.8 Å². The van der Waals surface area contributed by atoms with Gasteiger partial charge in [0, 0.05) is 18.4 Å². The number of esters is 3. The number of carbonyl (C=O) groups excluding carboxylic acids is 3. The van der Waals surface area contributed by atoms with Crippen molar-refractivity contribution in [2.75, 3.05) is 39.6 Å². The lowest BCUT2D eigenvalue weighted by Crippen LogP contribution is -2.29. The zero-order valence-electron chi connectivity index (χ0n) is 27.8. The van der Waals surface area contributed by atoms with Gasteiger partial charge in [-0.15, -0.1) is 0 Å². The Morgan fingerprint density at radius 2 is 1.18 bits per heavy atom. The Labute approximate surface area is 270 Å². The predicted molar refractivity (Wildman–Crippen MR) is 170 cm³/mol. The molecule has 0 spiro atoms. The van der Waals surface area contributed by atoms with Gasteiger partial charge in [-0.2, -0.15) is 0 Å². The number of hydrogen-bond donors (Lipinski definition) is 2. The molecule has 3 unspecified atom stereocenters. The number of ether oxygens (including phenoxy) is 3. The van der Waals surface area contributed by atoms with E-state index in [9.17, 15) is 29.2 Å². The predicted octanol–water partition coefficient (Wildman–Crippen LogP) is 6.35. The first kappa shape index (κ1) is 43.2. The molecule has 0 saturated carbocycles. The van der Waals surface area contributed by atoms with Gasteiger partial charge in [-0.3, -0.25) is 23.2 Å². The quantitative estimate of drug-likeness (QED) is 0.0277. The molecule has 3 atom stereocenters. The van der Waals surface area contributed by atoms with Crippen molar-refractivity contribution in [2.24, 2.45) is 0 Å². The summed E-state index contributed by atoms with van der Waals surface area (Å²) in [5.41, 5.74) is 0.161. The molecule has 0 aromatic carbocycles. The average molecular weight is 667 g/mol. The number of aliphatic hydroxyl groups is 2. The van der Waals surface area contributed by atoms with E-state index in [0.29, 0.717) is 12.8 Å². The molecular formula is C32H59O12P. The molecule has 0 aliphatic rings. The minimum absolute atomic E-state index is 0.161. The van der Waals surface area contributed by atoms with Crippen molar-refractivity contribution >= 4 is 25.7 Å². The summed E-state index contributed by atoms with van der Waals surface area (Å²) >= 11 is 0. The van der Waals surface area contributed by atoms with Gasteiger partial charge in [0.1, 0.15) is 25.4 Å². The smallest absolute Gasteiger partial charge is 0.463 e. The van der Waals surface area contributed by atoms with E-state index >= 15 is 0 Å². The van der Waals surface area contributed by atoms with Crippen LogP contribution in [0.3, 0.4) is 0 Å². The molecule has 0 saturated heterocycles. The fourth-order valence-electron chi connectivity index (χ4n) is 4.06. The summed E-state index contributed by atoms with van der Waals surface area (Å²) in [6.07, 6.45) is 12.4. The van der Waals surface area contributed by atoms with Crippen molar-refractivity contribution in [2.45, 2.75) is 136 Å². The Morgan fingerprint density at radius 3 is 1.69 bits per heavy atom. The molecule has 0 aromatic heterocycles. The van der Waals surface area contributed by atoms with Crippen LogP contribution in [0.1, 0.15) is 124 Å². The molecule has 0 bridgehead atoms. The van der Waals surface area contributed by atoms with Gasteiger partial charge < -0.3 is 24.4 Å². The van der Waals surface area contributed by atoms with Crippen molar-refractivity contribution in [3.05, 3.63) is 12.2 Å². The highest BCUT2D eigenvalue weighted by Crippen LogP contribution is 2.50. The summed E-state index contributed by atoms with van der Waals surface area (Å²) < 4.78 is 44.9.